The monoisotopic (exact) mass is 229 g/mol. The summed E-state index contributed by atoms with van der Waals surface area (Å²) in [6.07, 6.45) is 5.99. The van der Waals surface area contributed by atoms with E-state index < -0.39 is 0 Å². The predicted molar refractivity (Wildman–Crippen MR) is 65.0 cm³/mol. The third-order valence-electron chi connectivity index (χ3n) is 3.08. The van der Waals surface area contributed by atoms with E-state index in [-0.39, 0.29) is 0 Å². The van der Waals surface area contributed by atoms with Crippen LogP contribution in [-0.2, 0) is 12.8 Å². The predicted octanol–water partition coefficient (Wildman–Crippen LogP) is 2.41. The highest BCUT2D eigenvalue weighted by molar-refractivity contribution is 5.45. The molecule has 17 heavy (non-hydrogen) atoms. The van der Waals surface area contributed by atoms with E-state index in [1.54, 1.807) is 0 Å². The minimum absolute atomic E-state index is 0.751. The second-order valence-corrected chi connectivity index (χ2v) is 4.32. The molecule has 2 aromatic heterocycles. The molecule has 1 N–H and O–H groups in total. The highest BCUT2D eigenvalue weighted by atomic mass is 16.5. The van der Waals surface area contributed by atoms with Gasteiger partial charge in [0.25, 0.3) is 0 Å². The minimum atomic E-state index is 0.751. The Morgan fingerprint density at radius 2 is 2.29 bits per heavy atom. The fourth-order valence-corrected chi connectivity index (χ4v) is 2.18. The molecule has 0 spiro atoms. The van der Waals surface area contributed by atoms with Crippen LogP contribution in [0.4, 0.5) is 5.88 Å². The lowest BCUT2D eigenvalue weighted by Crippen LogP contribution is -1.98. The molecule has 3 heterocycles. The van der Waals surface area contributed by atoms with Crippen molar-refractivity contribution < 1.29 is 4.52 Å². The van der Waals surface area contributed by atoms with E-state index in [1.165, 1.54) is 18.4 Å². The topological polar surface area (TPSA) is 51.0 Å². The molecule has 0 aliphatic carbocycles. The Hall–Kier alpha value is -1.84. The van der Waals surface area contributed by atoms with Crippen molar-refractivity contribution in [3.63, 3.8) is 0 Å². The molecule has 0 amide bonds. The van der Waals surface area contributed by atoms with Crippen LogP contribution >= 0.6 is 0 Å². The van der Waals surface area contributed by atoms with Gasteiger partial charge in [-0.2, -0.15) is 0 Å². The number of hydrogen-bond donors (Lipinski definition) is 1. The van der Waals surface area contributed by atoms with Gasteiger partial charge in [0.05, 0.1) is 5.69 Å². The van der Waals surface area contributed by atoms with Gasteiger partial charge < -0.3 is 9.84 Å². The maximum absolute atomic E-state index is 5.35. The number of anilines is 1. The van der Waals surface area contributed by atoms with Crippen LogP contribution in [0.25, 0.3) is 0 Å². The summed E-state index contributed by atoms with van der Waals surface area (Å²) in [6.45, 7) is 0.977. The molecule has 0 fully saturated rings. The Kier molecular flexibility index (Phi) is 2.78. The van der Waals surface area contributed by atoms with E-state index in [0.717, 1.165) is 36.7 Å². The summed E-state index contributed by atoms with van der Waals surface area (Å²) in [5.41, 5.74) is 3.29. The Morgan fingerprint density at radius 3 is 3.18 bits per heavy atom. The average Bonchev–Trinajstić information content (AvgIpc) is 2.61. The van der Waals surface area contributed by atoms with Gasteiger partial charge in [-0.1, -0.05) is 11.2 Å². The summed E-state index contributed by atoms with van der Waals surface area (Å²) in [7, 11) is 0. The zero-order valence-corrected chi connectivity index (χ0v) is 9.65. The first-order valence-corrected chi connectivity index (χ1v) is 6.04. The SMILES string of the molecule is c1ccc(Cc2noc3c2CCCCN3)nc1. The van der Waals surface area contributed by atoms with Gasteiger partial charge in [0.15, 0.2) is 0 Å². The van der Waals surface area contributed by atoms with E-state index in [1.807, 2.05) is 24.4 Å². The second-order valence-electron chi connectivity index (χ2n) is 4.32. The van der Waals surface area contributed by atoms with Gasteiger partial charge in [-0.15, -0.1) is 0 Å². The number of nitrogens with one attached hydrogen (secondary N) is 1. The van der Waals surface area contributed by atoms with Crippen molar-refractivity contribution in [1.29, 1.82) is 0 Å². The molecular formula is C13H15N3O. The number of hydrogen-bond acceptors (Lipinski definition) is 4. The number of aromatic nitrogens is 2. The maximum Gasteiger partial charge on any atom is 0.228 e. The van der Waals surface area contributed by atoms with Gasteiger partial charge in [-0.3, -0.25) is 4.98 Å². The van der Waals surface area contributed by atoms with Crippen LogP contribution in [0.3, 0.4) is 0 Å². The number of rotatable bonds is 2. The Balaban J connectivity index is 1.86. The molecule has 4 heteroatoms. The highest BCUT2D eigenvalue weighted by Crippen LogP contribution is 2.25. The van der Waals surface area contributed by atoms with E-state index in [9.17, 15) is 0 Å². The fourth-order valence-electron chi connectivity index (χ4n) is 2.18. The van der Waals surface area contributed by atoms with Crippen LogP contribution < -0.4 is 5.32 Å². The first-order valence-electron chi connectivity index (χ1n) is 6.04. The molecule has 4 nitrogen and oxygen atoms in total. The molecule has 3 rings (SSSR count). The zero-order valence-electron chi connectivity index (χ0n) is 9.65. The van der Waals surface area contributed by atoms with E-state index in [0.29, 0.717) is 0 Å². The Labute approximate surface area is 100 Å². The quantitative estimate of drug-likeness (QED) is 0.859. The summed E-state index contributed by atoms with van der Waals surface area (Å²) in [4.78, 5) is 4.32. The summed E-state index contributed by atoms with van der Waals surface area (Å²) in [6, 6.07) is 5.94. The van der Waals surface area contributed by atoms with Crippen molar-refractivity contribution >= 4 is 5.88 Å². The molecule has 0 aromatic carbocycles. The average molecular weight is 229 g/mol. The van der Waals surface area contributed by atoms with Crippen molar-refractivity contribution in [2.75, 3.05) is 11.9 Å². The first kappa shape index (κ1) is 10.3. The van der Waals surface area contributed by atoms with Crippen LogP contribution in [0.5, 0.6) is 0 Å². The summed E-state index contributed by atoms with van der Waals surface area (Å²) >= 11 is 0. The van der Waals surface area contributed by atoms with E-state index in [4.69, 9.17) is 4.52 Å². The molecule has 0 atom stereocenters. The normalized spacial score (nSPS) is 14.8. The molecule has 0 radical (unpaired) electrons. The van der Waals surface area contributed by atoms with Crippen LogP contribution in [-0.4, -0.2) is 16.7 Å². The van der Waals surface area contributed by atoms with Crippen molar-refractivity contribution in [2.24, 2.45) is 0 Å². The molecule has 88 valence electrons. The smallest absolute Gasteiger partial charge is 0.228 e. The summed E-state index contributed by atoms with van der Waals surface area (Å²) in [5, 5.41) is 7.44. The first-order chi connectivity index (χ1) is 8.43. The molecule has 0 unspecified atom stereocenters. The Bertz CT molecular complexity index is 493. The molecule has 2 aromatic rings. The third-order valence-corrected chi connectivity index (χ3v) is 3.08. The lowest BCUT2D eigenvalue weighted by molar-refractivity contribution is 0.425. The number of pyridine rings is 1. The third kappa shape index (κ3) is 2.16. The van der Waals surface area contributed by atoms with Gasteiger partial charge in [-0.25, -0.2) is 0 Å². The molecular weight excluding hydrogens is 214 g/mol. The van der Waals surface area contributed by atoms with Crippen LogP contribution in [0.15, 0.2) is 28.9 Å². The fraction of sp³-hybridized carbons (Fsp3) is 0.385. The molecule has 0 saturated carbocycles. The molecule has 1 aliphatic rings. The lowest BCUT2D eigenvalue weighted by Gasteiger charge is -2.00. The van der Waals surface area contributed by atoms with Gasteiger partial charge in [0, 0.05) is 30.4 Å². The number of nitrogens with zero attached hydrogens (tertiary/aromatic N) is 2. The summed E-state index contributed by atoms with van der Waals surface area (Å²) in [5.74, 6) is 0.855. The maximum atomic E-state index is 5.35. The zero-order chi connectivity index (χ0) is 11.5. The largest absolute Gasteiger partial charge is 0.354 e. The van der Waals surface area contributed by atoms with Crippen LogP contribution in [0.2, 0.25) is 0 Å². The van der Waals surface area contributed by atoms with Gasteiger partial charge in [0.1, 0.15) is 0 Å². The van der Waals surface area contributed by atoms with Crippen LogP contribution in [0.1, 0.15) is 29.8 Å². The van der Waals surface area contributed by atoms with E-state index >= 15 is 0 Å². The van der Waals surface area contributed by atoms with Crippen LogP contribution in [0, 0.1) is 0 Å². The van der Waals surface area contributed by atoms with Gasteiger partial charge >= 0.3 is 0 Å². The van der Waals surface area contributed by atoms with Crippen molar-refractivity contribution in [2.45, 2.75) is 25.7 Å². The number of fused-ring (bicyclic) bond motifs is 1. The molecule has 0 bridgehead atoms. The van der Waals surface area contributed by atoms with Gasteiger partial charge in [-0.05, 0) is 31.4 Å². The van der Waals surface area contributed by atoms with Crippen molar-refractivity contribution in [1.82, 2.24) is 10.1 Å². The Morgan fingerprint density at radius 1 is 1.29 bits per heavy atom. The standard InChI is InChI=1S/C13H15N3O/c1-3-7-14-10(5-1)9-12-11-6-2-4-8-15-13(11)17-16-12/h1,3,5,7,15H,2,4,6,8-9H2. The summed E-state index contributed by atoms with van der Waals surface area (Å²) < 4.78 is 5.35. The minimum Gasteiger partial charge on any atom is -0.354 e. The molecule has 1 aliphatic heterocycles. The van der Waals surface area contributed by atoms with Crippen molar-refractivity contribution in [3.05, 3.63) is 41.3 Å². The van der Waals surface area contributed by atoms with Crippen molar-refractivity contribution in [3.8, 4) is 0 Å². The second kappa shape index (κ2) is 4.57. The van der Waals surface area contributed by atoms with E-state index in [2.05, 4.69) is 15.5 Å². The highest BCUT2D eigenvalue weighted by Gasteiger charge is 2.18. The van der Waals surface area contributed by atoms with Gasteiger partial charge in [0.2, 0.25) is 5.88 Å². The molecule has 0 saturated heterocycles. The lowest BCUT2D eigenvalue weighted by atomic mass is 10.1.